The zero-order valence-corrected chi connectivity index (χ0v) is 21.6. The summed E-state index contributed by atoms with van der Waals surface area (Å²) in [6, 6.07) is 16.8. The van der Waals surface area contributed by atoms with Crippen LogP contribution in [-0.4, -0.2) is 34.1 Å². The van der Waals surface area contributed by atoms with Gasteiger partial charge >= 0.3 is 0 Å². The third-order valence-electron chi connectivity index (χ3n) is 6.20. The number of thioether (sulfide) groups is 1. The molecule has 0 unspecified atom stereocenters. The Kier molecular flexibility index (Phi) is 7.21. The van der Waals surface area contributed by atoms with Crippen LogP contribution in [0.4, 0.5) is 27.1 Å². The smallest absolute Gasteiger partial charge is 0.293 e. The first-order chi connectivity index (χ1) is 18.3. The highest BCUT2D eigenvalue weighted by Crippen LogP contribution is 2.38. The molecule has 0 saturated carbocycles. The van der Waals surface area contributed by atoms with Crippen molar-refractivity contribution in [2.75, 3.05) is 28.2 Å². The van der Waals surface area contributed by atoms with Crippen LogP contribution >= 0.6 is 24.0 Å². The molecular weight excluding hydrogens is 527 g/mol. The number of nitro benzene ring substituents is 1. The molecule has 8 nitrogen and oxygen atoms in total. The van der Waals surface area contributed by atoms with E-state index in [2.05, 4.69) is 5.32 Å². The van der Waals surface area contributed by atoms with Gasteiger partial charge in [0.2, 0.25) is 0 Å². The number of nitrogens with zero attached hydrogens (tertiary/aromatic N) is 3. The topological polar surface area (TPSA) is 95.8 Å². The molecule has 192 valence electrons. The lowest BCUT2D eigenvalue weighted by atomic mass is 10.1. The molecule has 3 aromatic carbocycles. The zero-order chi connectivity index (χ0) is 26.8. The number of nitrogens with one attached hydrogen (secondary N) is 1. The van der Waals surface area contributed by atoms with Gasteiger partial charge in [0.15, 0.2) is 4.32 Å². The predicted octanol–water partition coefficient (Wildman–Crippen LogP) is 5.99. The number of nitro groups is 1. The number of hydrogen-bond acceptors (Lipinski definition) is 7. The summed E-state index contributed by atoms with van der Waals surface area (Å²) in [5.74, 6) is -1.23. The predicted molar refractivity (Wildman–Crippen MR) is 151 cm³/mol. The van der Waals surface area contributed by atoms with E-state index in [-0.39, 0.29) is 21.5 Å². The lowest BCUT2D eigenvalue weighted by molar-refractivity contribution is -0.384. The lowest BCUT2D eigenvalue weighted by Gasteiger charge is -2.17. The van der Waals surface area contributed by atoms with E-state index in [1.165, 1.54) is 35.2 Å². The Hall–Kier alpha value is -4.09. The quantitative estimate of drug-likeness (QED) is 0.175. The van der Waals surface area contributed by atoms with E-state index in [0.717, 1.165) is 37.7 Å². The first-order valence-corrected chi connectivity index (χ1v) is 13.0. The van der Waals surface area contributed by atoms with Gasteiger partial charge in [-0.3, -0.25) is 24.6 Å². The van der Waals surface area contributed by atoms with Crippen LogP contribution in [0, 0.1) is 15.9 Å². The third kappa shape index (κ3) is 5.29. The van der Waals surface area contributed by atoms with Gasteiger partial charge in [-0.05, 0) is 73.0 Å². The minimum atomic E-state index is -0.426. The van der Waals surface area contributed by atoms with Crippen molar-refractivity contribution in [1.82, 2.24) is 0 Å². The number of benzene rings is 3. The molecule has 0 radical (unpaired) electrons. The zero-order valence-electron chi connectivity index (χ0n) is 19.9. The Bertz CT molecular complexity index is 1490. The maximum atomic E-state index is 13.3. The van der Waals surface area contributed by atoms with Crippen LogP contribution in [0.1, 0.15) is 28.8 Å². The summed E-state index contributed by atoms with van der Waals surface area (Å²) < 4.78 is 13.4. The Labute approximate surface area is 227 Å². The molecule has 5 rings (SSSR count). The van der Waals surface area contributed by atoms with E-state index < -0.39 is 16.6 Å². The number of amides is 2. The van der Waals surface area contributed by atoms with Crippen LogP contribution in [0.2, 0.25) is 0 Å². The maximum Gasteiger partial charge on any atom is 0.293 e. The molecule has 2 fully saturated rings. The minimum absolute atomic E-state index is 0.00371. The summed E-state index contributed by atoms with van der Waals surface area (Å²) >= 11 is 6.54. The van der Waals surface area contributed by atoms with Crippen LogP contribution in [-0.2, 0) is 4.79 Å². The summed E-state index contributed by atoms with van der Waals surface area (Å²) in [5, 5.41) is 14.4. The second kappa shape index (κ2) is 10.7. The molecule has 2 saturated heterocycles. The number of carbonyl (C=O) groups is 2. The molecule has 1 N–H and O–H groups in total. The Balaban J connectivity index is 1.37. The number of carbonyl (C=O) groups excluding carboxylic acids is 2. The number of thiocarbonyl (C=S) groups is 1. The normalized spacial score (nSPS) is 16.4. The fourth-order valence-corrected chi connectivity index (χ4v) is 5.67. The van der Waals surface area contributed by atoms with E-state index in [4.69, 9.17) is 12.2 Å². The van der Waals surface area contributed by atoms with Crippen molar-refractivity contribution in [3.05, 3.63) is 98.7 Å². The Morgan fingerprint density at radius 1 is 1.08 bits per heavy atom. The average molecular weight is 549 g/mol. The summed E-state index contributed by atoms with van der Waals surface area (Å²) in [6.45, 7) is 1.56. The van der Waals surface area contributed by atoms with E-state index in [1.54, 1.807) is 42.5 Å². The first kappa shape index (κ1) is 25.6. The monoisotopic (exact) mass is 548 g/mol. The van der Waals surface area contributed by atoms with Gasteiger partial charge in [-0.15, -0.1) is 0 Å². The van der Waals surface area contributed by atoms with Gasteiger partial charge in [0.1, 0.15) is 11.5 Å². The van der Waals surface area contributed by atoms with Crippen LogP contribution in [0.5, 0.6) is 0 Å². The molecule has 0 atom stereocenters. The van der Waals surface area contributed by atoms with E-state index in [9.17, 15) is 24.1 Å². The third-order valence-corrected chi connectivity index (χ3v) is 7.51. The van der Waals surface area contributed by atoms with E-state index in [1.807, 2.05) is 4.90 Å². The molecule has 11 heteroatoms. The van der Waals surface area contributed by atoms with Crippen LogP contribution in [0.3, 0.4) is 0 Å². The fourth-order valence-electron chi connectivity index (χ4n) is 4.37. The second-order valence-electron chi connectivity index (χ2n) is 8.73. The van der Waals surface area contributed by atoms with Crippen molar-refractivity contribution in [3.8, 4) is 0 Å². The molecule has 2 aliphatic rings. The van der Waals surface area contributed by atoms with Crippen molar-refractivity contribution in [1.29, 1.82) is 0 Å². The van der Waals surface area contributed by atoms with Gasteiger partial charge in [0.05, 0.1) is 15.5 Å². The highest BCUT2D eigenvalue weighted by molar-refractivity contribution is 8.27. The largest absolute Gasteiger partial charge is 0.366 e. The van der Waals surface area contributed by atoms with Gasteiger partial charge in [-0.2, -0.15) is 0 Å². The summed E-state index contributed by atoms with van der Waals surface area (Å²) in [6.07, 6.45) is 3.58. The second-order valence-corrected chi connectivity index (χ2v) is 10.4. The van der Waals surface area contributed by atoms with Gasteiger partial charge in [0, 0.05) is 30.4 Å². The van der Waals surface area contributed by atoms with Crippen LogP contribution < -0.4 is 15.1 Å². The number of rotatable bonds is 6. The molecule has 0 spiro atoms. The minimum Gasteiger partial charge on any atom is -0.366 e. The molecule has 2 amide bonds. The van der Waals surface area contributed by atoms with Crippen molar-refractivity contribution in [2.24, 2.45) is 0 Å². The average Bonchev–Trinajstić information content (AvgIpc) is 3.53. The molecule has 0 aliphatic carbocycles. The molecule has 38 heavy (non-hydrogen) atoms. The Morgan fingerprint density at radius 2 is 1.82 bits per heavy atom. The molecule has 3 aromatic rings. The molecule has 2 heterocycles. The van der Waals surface area contributed by atoms with Crippen LogP contribution in [0.15, 0.2) is 71.6 Å². The standard InChI is InChI=1S/C27H21FN4O4S2/c28-19-7-9-20(10-8-19)29-25(33)18-4-3-5-21(16-18)31-26(34)24(38-27(31)37)15-17-6-11-22(23(14-17)32(35)36)30-12-1-2-13-30/h3-11,14-16H,1-2,12-13H2,(H,29,33)/b24-15+. The lowest BCUT2D eigenvalue weighted by Crippen LogP contribution is -2.27. The fraction of sp³-hybridized carbons (Fsp3) is 0.148. The summed E-state index contributed by atoms with van der Waals surface area (Å²) in [4.78, 5) is 41.0. The molecule has 2 aliphatic heterocycles. The molecular formula is C27H21FN4O4S2. The van der Waals surface area contributed by atoms with Gasteiger partial charge < -0.3 is 10.2 Å². The van der Waals surface area contributed by atoms with Crippen molar-refractivity contribution < 1.29 is 18.9 Å². The van der Waals surface area contributed by atoms with Gasteiger partial charge in [-0.1, -0.05) is 36.1 Å². The molecule has 0 bridgehead atoms. The Morgan fingerprint density at radius 3 is 2.53 bits per heavy atom. The maximum absolute atomic E-state index is 13.3. The van der Waals surface area contributed by atoms with Crippen LogP contribution in [0.25, 0.3) is 6.08 Å². The van der Waals surface area contributed by atoms with Gasteiger partial charge in [-0.25, -0.2) is 4.39 Å². The number of halogens is 1. The highest BCUT2D eigenvalue weighted by atomic mass is 32.2. The SMILES string of the molecule is O=C(Nc1ccc(F)cc1)c1cccc(N2C(=O)/C(=C\c3ccc(N4CCCC4)c([N+](=O)[O-])c3)SC2=S)c1. The highest BCUT2D eigenvalue weighted by Gasteiger charge is 2.34. The number of hydrogen-bond donors (Lipinski definition) is 1. The first-order valence-electron chi connectivity index (χ1n) is 11.8. The summed E-state index contributed by atoms with van der Waals surface area (Å²) in [7, 11) is 0. The van der Waals surface area contributed by atoms with Crippen molar-refractivity contribution in [3.63, 3.8) is 0 Å². The van der Waals surface area contributed by atoms with E-state index >= 15 is 0 Å². The molecule has 0 aromatic heterocycles. The van der Waals surface area contributed by atoms with Crippen molar-refractivity contribution in [2.45, 2.75) is 12.8 Å². The van der Waals surface area contributed by atoms with Gasteiger partial charge in [0.25, 0.3) is 17.5 Å². The summed E-state index contributed by atoms with van der Waals surface area (Å²) in [5.41, 5.74) is 2.23. The number of anilines is 3. The van der Waals surface area contributed by atoms with E-state index in [0.29, 0.717) is 27.5 Å². The van der Waals surface area contributed by atoms with Crippen molar-refractivity contribution >= 4 is 68.9 Å².